The second-order valence-corrected chi connectivity index (χ2v) is 9.25. The highest BCUT2D eigenvalue weighted by Crippen LogP contribution is 2.40. The van der Waals surface area contributed by atoms with Gasteiger partial charge in [-0.25, -0.2) is 19.3 Å². The number of hydrogen-bond acceptors (Lipinski definition) is 6. The Morgan fingerprint density at radius 2 is 1.70 bits per heavy atom. The summed E-state index contributed by atoms with van der Waals surface area (Å²) in [5.41, 5.74) is 3.70. The maximum absolute atomic E-state index is 13.6. The number of piperidine rings is 1. The SMILES string of the molecule is CC(Nc1nccc(-c2sc(N3CCCCC3)nc2-c2ccc(F)cc2)n1)c1ccccc1. The summed E-state index contributed by atoms with van der Waals surface area (Å²) in [6.45, 7) is 4.12. The molecule has 5 nitrogen and oxygen atoms in total. The van der Waals surface area contributed by atoms with Crippen molar-refractivity contribution >= 4 is 22.4 Å². The second-order valence-electron chi connectivity index (χ2n) is 8.27. The summed E-state index contributed by atoms with van der Waals surface area (Å²) in [5, 5.41) is 4.40. The molecule has 1 unspecified atom stereocenters. The van der Waals surface area contributed by atoms with E-state index < -0.39 is 0 Å². The molecule has 2 aromatic carbocycles. The van der Waals surface area contributed by atoms with Gasteiger partial charge in [0.1, 0.15) is 5.82 Å². The quantitative estimate of drug-likeness (QED) is 0.353. The summed E-state index contributed by atoms with van der Waals surface area (Å²) < 4.78 is 13.6. The highest BCUT2D eigenvalue weighted by molar-refractivity contribution is 7.19. The first kappa shape index (κ1) is 21.5. The topological polar surface area (TPSA) is 53.9 Å². The number of nitrogens with one attached hydrogen (secondary N) is 1. The summed E-state index contributed by atoms with van der Waals surface area (Å²) >= 11 is 1.65. The average molecular weight is 460 g/mol. The predicted octanol–water partition coefficient (Wildman–Crippen LogP) is 6.57. The zero-order chi connectivity index (χ0) is 22.6. The van der Waals surface area contributed by atoms with Crippen molar-refractivity contribution in [1.82, 2.24) is 15.0 Å². The maximum atomic E-state index is 13.6. The summed E-state index contributed by atoms with van der Waals surface area (Å²) in [5.74, 6) is 0.317. The molecule has 0 aliphatic carbocycles. The lowest BCUT2D eigenvalue weighted by Gasteiger charge is -2.25. The highest BCUT2D eigenvalue weighted by atomic mass is 32.1. The third kappa shape index (κ3) is 4.88. The van der Waals surface area contributed by atoms with Crippen LogP contribution in [-0.2, 0) is 0 Å². The normalized spacial score (nSPS) is 14.8. The van der Waals surface area contributed by atoms with Crippen molar-refractivity contribution in [3.05, 3.63) is 78.2 Å². The van der Waals surface area contributed by atoms with Gasteiger partial charge in [-0.05, 0) is 62.1 Å². The largest absolute Gasteiger partial charge is 0.348 e. The number of rotatable bonds is 6. The van der Waals surface area contributed by atoms with Gasteiger partial charge in [0.25, 0.3) is 0 Å². The number of nitrogens with zero attached hydrogens (tertiary/aromatic N) is 4. The molecule has 2 aromatic heterocycles. The van der Waals surface area contributed by atoms with Gasteiger partial charge >= 0.3 is 0 Å². The molecule has 33 heavy (non-hydrogen) atoms. The summed E-state index contributed by atoms with van der Waals surface area (Å²) in [6.07, 6.45) is 5.40. The van der Waals surface area contributed by atoms with Crippen LogP contribution in [0.25, 0.3) is 21.8 Å². The fourth-order valence-corrected chi connectivity index (χ4v) is 5.19. The van der Waals surface area contributed by atoms with Crippen molar-refractivity contribution in [3.63, 3.8) is 0 Å². The van der Waals surface area contributed by atoms with Crippen molar-refractivity contribution in [2.24, 2.45) is 0 Å². The molecule has 0 saturated carbocycles. The Hall–Kier alpha value is -3.32. The van der Waals surface area contributed by atoms with Gasteiger partial charge in [0.2, 0.25) is 5.95 Å². The first-order chi connectivity index (χ1) is 16.2. The van der Waals surface area contributed by atoms with Crippen LogP contribution in [0.4, 0.5) is 15.5 Å². The van der Waals surface area contributed by atoms with Crippen LogP contribution in [0.1, 0.15) is 37.8 Å². The van der Waals surface area contributed by atoms with Crippen LogP contribution in [0.5, 0.6) is 0 Å². The number of hydrogen-bond donors (Lipinski definition) is 1. The van der Waals surface area contributed by atoms with Crippen molar-refractivity contribution in [3.8, 4) is 21.8 Å². The lowest BCUT2D eigenvalue weighted by atomic mass is 10.1. The summed E-state index contributed by atoms with van der Waals surface area (Å²) in [7, 11) is 0. The first-order valence-electron chi connectivity index (χ1n) is 11.3. The van der Waals surface area contributed by atoms with Crippen LogP contribution in [0.3, 0.4) is 0 Å². The van der Waals surface area contributed by atoms with E-state index in [1.54, 1.807) is 29.7 Å². The lowest BCUT2D eigenvalue weighted by Crippen LogP contribution is -2.29. The van der Waals surface area contributed by atoms with E-state index in [4.69, 9.17) is 9.97 Å². The van der Waals surface area contributed by atoms with Gasteiger partial charge in [-0.1, -0.05) is 41.7 Å². The minimum Gasteiger partial charge on any atom is -0.348 e. The lowest BCUT2D eigenvalue weighted by molar-refractivity contribution is 0.577. The molecule has 4 aromatic rings. The predicted molar refractivity (Wildman–Crippen MR) is 133 cm³/mol. The van der Waals surface area contributed by atoms with Gasteiger partial charge in [0.05, 0.1) is 22.3 Å². The van der Waals surface area contributed by atoms with E-state index in [1.165, 1.54) is 37.0 Å². The van der Waals surface area contributed by atoms with Gasteiger partial charge < -0.3 is 10.2 Å². The summed E-state index contributed by atoms with van der Waals surface area (Å²) in [6, 6.07) is 18.7. The maximum Gasteiger partial charge on any atom is 0.223 e. The van der Waals surface area contributed by atoms with E-state index in [1.807, 2.05) is 24.3 Å². The second kappa shape index (κ2) is 9.67. The molecule has 0 bridgehead atoms. The van der Waals surface area contributed by atoms with Crippen LogP contribution in [0, 0.1) is 5.82 Å². The fourth-order valence-electron chi connectivity index (χ4n) is 4.08. The average Bonchev–Trinajstić information content (AvgIpc) is 3.31. The molecule has 0 radical (unpaired) electrons. The molecule has 0 amide bonds. The van der Waals surface area contributed by atoms with E-state index in [0.717, 1.165) is 40.0 Å². The zero-order valence-electron chi connectivity index (χ0n) is 18.5. The Morgan fingerprint density at radius 1 is 0.939 bits per heavy atom. The monoisotopic (exact) mass is 459 g/mol. The van der Waals surface area contributed by atoms with E-state index in [2.05, 4.69) is 34.3 Å². The van der Waals surface area contributed by atoms with Gasteiger partial charge in [-0.15, -0.1) is 0 Å². The number of aromatic nitrogens is 3. The molecule has 7 heteroatoms. The molecule has 3 heterocycles. The Balaban J connectivity index is 1.50. The number of thiazole rings is 1. The van der Waals surface area contributed by atoms with Crippen LogP contribution in [0.2, 0.25) is 0 Å². The zero-order valence-corrected chi connectivity index (χ0v) is 19.4. The Bertz CT molecular complexity index is 1200. The third-order valence-corrected chi connectivity index (χ3v) is 7.03. The van der Waals surface area contributed by atoms with Crippen LogP contribution >= 0.6 is 11.3 Å². The van der Waals surface area contributed by atoms with Gasteiger partial charge in [0.15, 0.2) is 5.13 Å². The molecule has 1 N–H and O–H groups in total. The molecule has 5 rings (SSSR count). The highest BCUT2D eigenvalue weighted by Gasteiger charge is 2.21. The number of benzene rings is 2. The van der Waals surface area contributed by atoms with Gasteiger partial charge in [0, 0.05) is 24.8 Å². The Kier molecular flexibility index (Phi) is 6.30. The first-order valence-corrected chi connectivity index (χ1v) is 12.2. The van der Waals surface area contributed by atoms with E-state index in [-0.39, 0.29) is 11.9 Å². The molecule has 1 atom stereocenters. The van der Waals surface area contributed by atoms with Crippen molar-refractivity contribution in [1.29, 1.82) is 0 Å². The Labute approximate surface area is 197 Å². The molecular formula is C26H26FN5S. The van der Waals surface area contributed by atoms with Crippen molar-refractivity contribution in [2.45, 2.75) is 32.2 Å². The molecule has 1 aliphatic rings. The fraction of sp³-hybridized carbons (Fsp3) is 0.269. The molecule has 1 saturated heterocycles. The molecule has 1 fully saturated rings. The third-order valence-electron chi connectivity index (χ3n) is 5.89. The van der Waals surface area contributed by atoms with Crippen molar-refractivity contribution in [2.75, 3.05) is 23.3 Å². The van der Waals surface area contributed by atoms with Crippen molar-refractivity contribution < 1.29 is 4.39 Å². The van der Waals surface area contributed by atoms with Gasteiger partial charge in [-0.3, -0.25) is 0 Å². The van der Waals surface area contributed by atoms with E-state index in [9.17, 15) is 4.39 Å². The number of halogens is 1. The van der Waals surface area contributed by atoms with Crippen LogP contribution in [0.15, 0.2) is 66.9 Å². The molecule has 168 valence electrons. The standard InChI is InChI=1S/C26H26FN5S/c1-18(19-8-4-2-5-9-19)29-25-28-15-14-22(30-25)24-23(20-10-12-21(27)13-11-20)31-26(33-24)32-16-6-3-7-17-32/h2,4-5,8-15,18H,3,6-7,16-17H2,1H3,(H,28,29,30). The van der Waals surface area contributed by atoms with E-state index >= 15 is 0 Å². The minimum absolute atomic E-state index is 0.0726. The molecular weight excluding hydrogens is 433 g/mol. The van der Waals surface area contributed by atoms with Crippen LogP contribution in [-0.4, -0.2) is 28.0 Å². The Morgan fingerprint density at radius 3 is 2.45 bits per heavy atom. The number of anilines is 2. The molecule has 0 spiro atoms. The smallest absolute Gasteiger partial charge is 0.223 e. The van der Waals surface area contributed by atoms with Crippen LogP contribution < -0.4 is 10.2 Å². The minimum atomic E-state index is -0.254. The van der Waals surface area contributed by atoms with E-state index in [0.29, 0.717) is 5.95 Å². The van der Waals surface area contributed by atoms with Gasteiger partial charge in [-0.2, -0.15) is 0 Å². The molecule has 1 aliphatic heterocycles. The summed E-state index contributed by atoms with van der Waals surface area (Å²) in [4.78, 5) is 17.6.